The molecule has 0 saturated heterocycles. The van der Waals surface area contributed by atoms with E-state index in [2.05, 4.69) is 79.6 Å². The molecule has 98 valence electrons. The summed E-state index contributed by atoms with van der Waals surface area (Å²) in [6.45, 7) is 34.5. The summed E-state index contributed by atoms with van der Waals surface area (Å²) in [6, 6.07) is 0. The Kier molecular flexibility index (Phi) is 691. The second-order valence-corrected chi connectivity index (χ2v) is 1.71. The second kappa shape index (κ2) is 303. The Morgan fingerprint density at radius 3 is 0.625 bits per heavy atom. The third kappa shape index (κ3) is 602. The molecule has 0 aliphatic rings. The molecule has 0 aromatic carbocycles. The number of rotatable bonds is 3. The van der Waals surface area contributed by atoms with Gasteiger partial charge in [0.25, 0.3) is 0 Å². The molecule has 0 aromatic heterocycles. The average molecular weight is 226 g/mol. The second-order valence-electron chi connectivity index (χ2n) is 1.71. The fraction of sp³-hybridized carbons (Fsp3) is 0.375. The van der Waals surface area contributed by atoms with Gasteiger partial charge < -0.3 is 0 Å². The predicted molar refractivity (Wildman–Crippen MR) is 86.1 cm³/mol. The lowest BCUT2D eigenvalue weighted by Gasteiger charge is -1.86. The summed E-state index contributed by atoms with van der Waals surface area (Å²) in [7, 11) is 0. The van der Waals surface area contributed by atoms with Gasteiger partial charge in [-0.1, -0.05) is 39.5 Å². The van der Waals surface area contributed by atoms with Crippen molar-refractivity contribution < 1.29 is 0 Å². The summed E-state index contributed by atoms with van der Waals surface area (Å²) in [5.41, 5.74) is 0. The molecular weight excluding hydrogens is 192 g/mol. The highest BCUT2D eigenvalue weighted by molar-refractivity contribution is 4.31. The molecule has 0 heterocycles. The third-order valence-corrected chi connectivity index (χ3v) is 0.957. The van der Waals surface area contributed by atoms with E-state index in [1.807, 2.05) is 0 Å². The quantitative estimate of drug-likeness (QED) is 0.376. The molecule has 0 fully saturated rings. The first-order valence-electron chi connectivity index (χ1n) is 5.41. The van der Waals surface area contributed by atoms with Crippen LogP contribution in [0.5, 0.6) is 0 Å². The highest BCUT2D eigenvalue weighted by Gasteiger charge is 1.75. The van der Waals surface area contributed by atoms with Gasteiger partial charge >= 0.3 is 0 Å². The maximum atomic E-state index is 3.00. The summed E-state index contributed by atoms with van der Waals surface area (Å²) in [5.74, 6) is 0. The van der Waals surface area contributed by atoms with Crippen molar-refractivity contribution in [3.05, 3.63) is 65.8 Å². The minimum atomic E-state index is 1.36. The van der Waals surface area contributed by atoms with Crippen molar-refractivity contribution in [2.24, 2.45) is 0 Å². The standard InChI is InChI=1S/C6H14.5C2H4/c1-3-5-6-4-2;5*1-2/h3-6H2,1-2H3;5*1-2H2. The van der Waals surface area contributed by atoms with E-state index in [9.17, 15) is 0 Å². The highest BCUT2D eigenvalue weighted by Crippen LogP contribution is 1.95. The summed E-state index contributed by atoms with van der Waals surface area (Å²) in [4.78, 5) is 0. The van der Waals surface area contributed by atoms with E-state index in [1.54, 1.807) is 0 Å². The topological polar surface area (TPSA) is 0 Å². The van der Waals surface area contributed by atoms with Crippen LogP contribution in [0.25, 0.3) is 0 Å². The van der Waals surface area contributed by atoms with Gasteiger partial charge in [0.05, 0.1) is 0 Å². The van der Waals surface area contributed by atoms with Crippen molar-refractivity contribution in [3.63, 3.8) is 0 Å². The van der Waals surface area contributed by atoms with Gasteiger partial charge in [-0.15, -0.1) is 65.8 Å². The number of unbranched alkanes of at least 4 members (excludes halogenated alkanes) is 3. The van der Waals surface area contributed by atoms with Crippen LogP contribution in [-0.2, 0) is 0 Å². The third-order valence-electron chi connectivity index (χ3n) is 0.957. The lowest BCUT2D eigenvalue weighted by atomic mass is 10.2. The molecule has 0 nitrogen and oxygen atoms in total. The first-order chi connectivity index (χ1) is 7.91. The van der Waals surface area contributed by atoms with Gasteiger partial charge in [0.1, 0.15) is 0 Å². The minimum absolute atomic E-state index is 1.36. The summed E-state index contributed by atoms with van der Waals surface area (Å²) < 4.78 is 0. The molecule has 16 heavy (non-hydrogen) atoms. The average Bonchev–Trinajstić information content (AvgIpc) is 2.47. The van der Waals surface area contributed by atoms with Crippen LogP contribution >= 0.6 is 0 Å². The predicted octanol–water partition coefficient (Wildman–Crippen LogP) is 6.60. The van der Waals surface area contributed by atoms with Gasteiger partial charge in [-0.3, -0.25) is 0 Å². The number of hydrogen-bond donors (Lipinski definition) is 0. The molecule has 0 rings (SSSR count). The van der Waals surface area contributed by atoms with E-state index >= 15 is 0 Å². The lowest BCUT2D eigenvalue weighted by Crippen LogP contribution is -1.66. The van der Waals surface area contributed by atoms with Crippen LogP contribution in [0.2, 0.25) is 0 Å². The Labute approximate surface area is 106 Å². The Morgan fingerprint density at radius 1 is 0.438 bits per heavy atom. The monoisotopic (exact) mass is 226 g/mol. The molecule has 0 aliphatic carbocycles. The largest absolute Gasteiger partial charge is 0.106 e. The molecule has 0 aromatic rings. The Morgan fingerprint density at radius 2 is 0.562 bits per heavy atom. The molecular formula is C16H34. The molecule has 0 heteroatoms. The molecule has 0 bridgehead atoms. The normalized spacial score (nSPS) is 4.62. The number of hydrogen-bond acceptors (Lipinski definition) is 0. The molecule has 0 atom stereocenters. The first kappa shape index (κ1) is 36.5. The van der Waals surface area contributed by atoms with E-state index in [-0.39, 0.29) is 0 Å². The van der Waals surface area contributed by atoms with Crippen LogP contribution in [0.4, 0.5) is 0 Å². The van der Waals surface area contributed by atoms with Crippen molar-refractivity contribution in [2.75, 3.05) is 0 Å². The van der Waals surface area contributed by atoms with Crippen LogP contribution < -0.4 is 0 Å². The van der Waals surface area contributed by atoms with Gasteiger partial charge in [-0.05, 0) is 0 Å². The van der Waals surface area contributed by atoms with E-state index in [0.29, 0.717) is 0 Å². The maximum absolute atomic E-state index is 3.00. The van der Waals surface area contributed by atoms with Crippen molar-refractivity contribution in [2.45, 2.75) is 39.5 Å². The van der Waals surface area contributed by atoms with Crippen LogP contribution in [0.1, 0.15) is 39.5 Å². The van der Waals surface area contributed by atoms with Gasteiger partial charge in [0, 0.05) is 0 Å². The van der Waals surface area contributed by atoms with Crippen LogP contribution in [0, 0.1) is 0 Å². The van der Waals surface area contributed by atoms with E-state index in [1.165, 1.54) is 25.7 Å². The Hall–Kier alpha value is -1.30. The zero-order valence-electron chi connectivity index (χ0n) is 11.9. The smallest absolute Gasteiger partial charge is 0.0536 e. The van der Waals surface area contributed by atoms with Gasteiger partial charge in [0.2, 0.25) is 0 Å². The molecule has 0 unspecified atom stereocenters. The zero-order valence-corrected chi connectivity index (χ0v) is 11.9. The summed E-state index contributed by atoms with van der Waals surface area (Å²) >= 11 is 0. The van der Waals surface area contributed by atoms with Crippen molar-refractivity contribution in [3.8, 4) is 0 Å². The maximum Gasteiger partial charge on any atom is -0.0536 e. The SMILES string of the molecule is C=C.C=C.C=C.C=C.C=C.CCCCCC. The van der Waals surface area contributed by atoms with Crippen molar-refractivity contribution >= 4 is 0 Å². The zero-order chi connectivity index (χ0) is 14.8. The minimum Gasteiger partial charge on any atom is -0.106 e. The van der Waals surface area contributed by atoms with Crippen LogP contribution in [0.3, 0.4) is 0 Å². The fourth-order valence-corrected chi connectivity index (χ4v) is 0.500. The lowest BCUT2D eigenvalue weighted by molar-refractivity contribution is 0.702. The van der Waals surface area contributed by atoms with E-state index in [4.69, 9.17) is 0 Å². The molecule has 0 spiro atoms. The van der Waals surface area contributed by atoms with Crippen LogP contribution in [-0.4, -0.2) is 0 Å². The van der Waals surface area contributed by atoms with Gasteiger partial charge in [-0.25, -0.2) is 0 Å². The van der Waals surface area contributed by atoms with Gasteiger partial charge in [-0.2, -0.15) is 0 Å². The molecule has 0 aliphatic heterocycles. The molecule has 0 N–H and O–H groups in total. The van der Waals surface area contributed by atoms with E-state index in [0.717, 1.165) is 0 Å². The Bertz CT molecular complexity index is 41.4. The summed E-state index contributed by atoms with van der Waals surface area (Å²) in [5, 5.41) is 0. The van der Waals surface area contributed by atoms with E-state index < -0.39 is 0 Å². The molecule has 0 saturated carbocycles. The molecule has 0 radical (unpaired) electrons. The fourth-order valence-electron chi connectivity index (χ4n) is 0.500. The van der Waals surface area contributed by atoms with Crippen LogP contribution in [0.15, 0.2) is 65.8 Å². The highest BCUT2D eigenvalue weighted by atomic mass is 13.8. The first-order valence-corrected chi connectivity index (χ1v) is 5.41. The van der Waals surface area contributed by atoms with Gasteiger partial charge in [0.15, 0.2) is 0 Å². The molecule has 0 amide bonds. The van der Waals surface area contributed by atoms with Crippen molar-refractivity contribution in [1.82, 2.24) is 0 Å². The van der Waals surface area contributed by atoms with Crippen molar-refractivity contribution in [1.29, 1.82) is 0 Å². The summed E-state index contributed by atoms with van der Waals surface area (Å²) in [6.07, 6.45) is 5.54. The Balaban J connectivity index is -0.0000000214.